The summed E-state index contributed by atoms with van der Waals surface area (Å²) in [5.41, 5.74) is 6.67. The molecule has 1 rings (SSSR count). The minimum Gasteiger partial charge on any atom is -0.465 e. The van der Waals surface area contributed by atoms with Crippen molar-refractivity contribution >= 4 is 12.0 Å². The smallest absolute Gasteiger partial charge is 0.402 e. The number of amides is 1. The van der Waals surface area contributed by atoms with E-state index in [2.05, 4.69) is 21.5 Å². The molecular formula is C5H6N4O3. The standard InChI is InChI=1S/C4H3N3O.CH3NO2/c8-3-4-1-2-5-7-6-4;2-1(3)4/h1-2H,(H,5,6);2H2,(H,3,4). The molecule has 1 heterocycles. The molecule has 1 amide bonds. The van der Waals surface area contributed by atoms with Gasteiger partial charge in [-0.1, -0.05) is 5.22 Å². The molecule has 12 heavy (non-hydrogen) atoms. The van der Waals surface area contributed by atoms with Crippen LogP contribution in [-0.2, 0) is 4.79 Å². The zero-order valence-electron chi connectivity index (χ0n) is 5.89. The van der Waals surface area contributed by atoms with Crippen molar-refractivity contribution in [1.29, 1.82) is 0 Å². The van der Waals surface area contributed by atoms with E-state index in [1.807, 2.05) is 0 Å². The van der Waals surface area contributed by atoms with E-state index in [9.17, 15) is 4.79 Å². The molecule has 64 valence electrons. The lowest BCUT2D eigenvalue weighted by Crippen LogP contribution is -2.03. The second kappa shape index (κ2) is 5.63. The summed E-state index contributed by atoms with van der Waals surface area (Å²) in [5, 5.41) is 13.9. The Hall–Kier alpha value is -2.14. The number of carbonyl (C=O) groups is 1. The molecular weight excluding hydrogens is 164 g/mol. The van der Waals surface area contributed by atoms with E-state index < -0.39 is 6.09 Å². The van der Waals surface area contributed by atoms with E-state index in [1.54, 1.807) is 5.94 Å². The summed E-state index contributed by atoms with van der Waals surface area (Å²) in [6, 6.07) is 0. The van der Waals surface area contributed by atoms with Crippen LogP contribution >= 0.6 is 0 Å². The Balaban J connectivity index is 0.000000261. The minimum atomic E-state index is -1.33. The van der Waals surface area contributed by atoms with E-state index in [-0.39, 0.29) is 0 Å². The van der Waals surface area contributed by atoms with Gasteiger partial charge in [-0.25, -0.2) is 15.0 Å². The van der Waals surface area contributed by atoms with Crippen molar-refractivity contribution in [3.63, 3.8) is 0 Å². The molecule has 0 spiro atoms. The predicted molar refractivity (Wildman–Crippen MR) is 38.6 cm³/mol. The second-order valence-corrected chi connectivity index (χ2v) is 1.50. The van der Waals surface area contributed by atoms with Crippen LogP contribution in [0.15, 0.2) is 28.3 Å². The first kappa shape index (κ1) is 9.86. The molecule has 0 aromatic carbocycles. The Morgan fingerprint density at radius 3 is 2.58 bits per heavy atom. The molecule has 0 aromatic rings. The predicted octanol–water partition coefficient (Wildman–Crippen LogP) is -0.191. The van der Waals surface area contributed by atoms with Gasteiger partial charge in [0.1, 0.15) is 5.70 Å². The Morgan fingerprint density at radius 2 is 2.33 bits per heavy atom. The molecule has 0 saturated heterocycles. The van der Waals surface area contributed by atoms with Gasteiger partial charge in [0.05, 0.1) is 6.20 Å². The molecule has 7 heteroatoms. The van der Waals surface area contributed by atoms with Crippen molar-refractivity contribution in [1.82, 2.24) is 5.43 Å². The van der Waals surface area contributed by atoms with Gasteiger partial charge in [-0.15, -0.1) is 5.11 Å². The van der Waals surface area contributed by atoms with Crippen molar-refractivity contribution in [2.75, 3.05) is 0 Å². The number of nitrogens with two attached hydrogens (primary N) is 1. The van der Waals surface area contributed by atoms with Gasteiger partial charge in [0, 0.05) is 0 Å². The average Bonchev–Trinajstić information content (AvgIpc) is 2.05. The van der Waals surface area contributed by atoms with Crippen LogP contribution in [-0.4, -0.2) is 17.1 Å². The Labute approximate surface area is 67.2 Å². The van der Waals surface area contributed by atoms with Gasteiger partial charge in [-0.05, 0) is 6.08 Å². The zero-order valence-corrected chi connectivity index (χ0v) is 5.89. The first-order valence-corrected chi connectivity index (χ1v) is 2.72. The topological polar surface area (TPSA) is 117 Å². The fourth-order valence-corrected chi connectivity index (χ4v) is 0.318. The van der Waals surface area contributed by atoms with Crippen molar-refractivity contribution in [2.24, 2.45) is 16.1 Å². The SMILES string of the molecule is NC(=O)O.O=C=C1C=CN=NN1. The van der Waals surface area contributed by atoms with Crippen LogP contribution in [0.4, 0.5) is 4.79 Å². The Bertz CT molecular complexity index is 260. The summed E-state index contributed by atoms with van der Waals surface area (Å²) in [6.07, 6.45) is 1.57. The fourth-order valence-electron chi connectivity index (χ4n) is 0.318. The van der Waals surface area contributed by atoms with E-state index in [0.717, 1.165) is 0 Å². The number of nitrogens with one attached hydrogen (secondary N) is 1. The third kappa shape index (κ3) is 5.99. The molecule has 0 atom stereocenters. The third-order valence-electron chi connectivity index (χ3n) is 0.646. The molecule has 4 N–H and O–H groups in total. The number of allylic oxidation sites excluding steroid dienone is 1. The Kier molecular flexibility index (Phi) is 4.63. The lowest BCUT2D eigenvalue weighted by atomic mass is 10.5. The van der Waals surface area contributed by atoms with Crippen molar-refractivity contribution < 1.29 is 14.7 Å². The molecule has 0 radical (unpaired) electrons. The van der Waals surface area contributed by atoms with Gasteiger partial charge < -0.3 is 10.8 Å². The van der Waals surface area contributed by atoms with Gasteiger partial charge >= 0.3 is 6.09 Å². The van der Waals surface area contributed by atoms with E-state index >= 15 is 0 Å². The first-order chi connectivity index (χ1) is 5.66. The fraction of sp³-hybridized carbons (Fsp3) is 0. The maximum absolute atomic E-state index is 9.78. The average molecular weight is 170 g/mol. The number of hydrogen-bond acceptors (Lipinski definition) is 5. The molecule has 0 unspecified atom stereocenters. The number of primary amides is 1. The Morgan fingerprint density at radius 1 is 1.75 bits per heavy atom. The van der Waals surface area contributed by atoms with Crippen LogP contribution in [0.1, 0.15) is 0 Å². The summed E-state index contributed by atoms with van der Waals surface area (Å²) in [6.45, 7) is 0. The van der Waals surface area contributed by atoms with Crippen LogP contribution in [0.25, 0.3) is 0 Å². The number of nitrogens with zero attached hydrogens (tertiary/aromatic N) is 2. The number of carboxylic acid groups (broad SMARTS) is 1. The third-order valence-corrected chi connectivity index (χ3v) is 0.646. The maximum atomic E-state index is 9.78. The van der Waals surface area contributed by atoms with Gasteiger partial charge in [0.15, 0.2) is 5.94 Å². The highest BCUT2D eigenvalue weighted by molar-refractivity contribution is 5.61. The molecule has 1 aliphatic heterocycles. The van der Waals surface area contributed by atoms with Gasteiger partial charge in [-0.3, -0.25) is 0 Å². The monoisotopic (exact) mass is 170 g/mol. The number of hydrogen-bond donors (Lipinski definition) is 3. The molecule has 0 fully saturated rings. The summed E-state index contributed by atoms with van der Waals surface area (Å²) in [7, 11) is 0. The highest BCUT2D eigenvalue weighted by atomic mass is 16.4. The van der Waals surface area contributed by atoms with Crippen LogP contribution in [0, 0.1) is 0 Å². The first-order valence-electron chi connectivity index (χ1n) is 2.72. The van der Waals surface area contributed by atoms with Crippen molar-refractivity contribution in [3.05, 3.63) is 18.0 Å². The minimum absolute atomic E-state index is 0.306. The zero-order chi connectivity index (χ0) is 9.40. The van der Waals surface area contributed by atoms with Crippen LogP contribution in [0.2, 0.25) is 0 Å². The van der Waals surface area contributed by atoms with E-state index in [1.165, 1.54) is 12.3 Å². The molecule has 0 bridgehead atoms. The molecule has 1 aliphatic rings. The number of rotatable bonds is 0. The van der Waals surface area contributed by atoms with Crippen molar-refractivity contribution in [2.45, 2.75) is 0 Å². The summed E-state index contributed by atoms with van der Waals surface area (Å²) in [4.78, 5) is 18.6. The van der Waals surface area contributed by atoms with Crippen LogP contribution in [0.5, 0.6) is 0 Å². The van der Waals surface area contributed by atoms with Gasteiger partial charge in [0.2, 0.25) is 0 Å². The molecule has 0 aromatic heterocycles. The summed E-state index contributed by atoms with van der Waals surface area (Å²) in [5.74, 6) is 1.62. The van der Waals surface area contributed by atoms with Gasteiger partial charge in [0.25, 0.3) is 0 Å². The van der Waals surface area contributed by atoms with Crippen LogP contribution < -0.4 is 11.2 Å². The summed E-state index contributed by atoms with van der Waals surface area (Å²) >= 11 is 0. The lowest BCUT2D eigenvalue weighted by molar-refractivity contribution is 0.205. The quantitative estimate of drug-likeness (QED) is 0.436. The highest BCUT2D eigenvalue weighted by Crippen LogP contribution is 1.92. The van der Waals surface area contributed by atoms with E-state index in [0.29, 0.717) is 5.70 Å². The van der Waals surface area contributed by atoms with E-state index in [4.69, 9.17) is 9.90 Å². The van der Waals surface area contributed by atoms with Crippen LogP contribution in [0.3, 0.4) is 0 Å². The number of carbonyl (C=O) groups excluding carboxylic acids is 1. The van der Waals surface area contributed by atoms with Gasteiger partial charge in [-0.2, -0.15) is 0 Å². The second-order valence-electron chi connectivity index (χ2n) is 1.50. The normalized spacial score (nSPS) is 12.2. The summed E-state index contributed by atoms with van der Waals surface area (Å²) < 4.78 is 0. The maximum Gasteiger partial charge on any atom is 0.402 e. The largest absolute Gasteiger partial charge is 0.465 e. The highest BCUT2D eigenvalue weighted by Gasteiger charge is 1.90. The molecule has 7 nitrogen and oxygen atoms in total. The lowest BCUT2D eigenvalue weighted by Gasteiger charge is -1.94. The molecule has 0 saturated carbocycles. The molecule has 0 aliphatic carbocycles. The van der Waals surface area contributed by atoms with Crippen molar-refractivity contribution in [3.8, 4) is 0 Å².